The van der Waals surface area contributed by atoms with Gasteiger partial charge in [-0.25, -0.2) is 8.42 Å². The SMILES string of the molecule is COc1cccc(NS(=O)(=O)c2ccc(N)cc2)c1N. The maximum Gasteiger partial charge on any atom is 0.261 e. The van der Waals surface area contributed by atoms with E-state index in [2.05, 4.69) is 4.72 Å². The molecule has 0 atom stereocenters. The van der Waals surface area contributed by atoms with Crippen LogP contribution in [0, 0.1) is 0 Å². The Morgan fingerprint density at radius 2 is 1.70 bits per heavy atom. The molecule has 0 bridgehead atoms. The van der Waals surface area contributed by atoms with Crippen molar-refractivity contribution in [2.75, 3.05) is 23.3 Å². The third-order valence-electron chi connectivity index (χ3n) is 2.72. The minimum Gasteiger partial charge on any atom is -0.495 e. The first-order valence-electron chi connectivity index (χ1n) is 5.75. The fourth-order valence-corrected chi connectivity index (χ4v) is 2.74. The monoisotopic (exact) mass is 293 g/mol. The molecule has 0 spiro atoms. The van der Waals surface area contributed by atoms with Crippen LogP contribution < -0.4 is 20.9 Å². The number of hydrogen-bond donors (Lipinski definition) is 3. The maximum atomic E-state index is 12.2. The summed E-state index contributed by atoms with van der Waals surface area (Å²) in [6.07, 6.45) is 0. The Kier molecular flexibility index (Phi) is 3.71. The number of nitrogen functional groups attached to an aromatic ring is 2. The number of nitrogens with one attached hydrogen (secondary N) is 1. The molecule has 0 aliphatic rings. The van der Waals surface area contributed by atoms with Gasteiger partial charge in [-0.15, -0.1) is 0 Å². The van der Waals surface area contributed by atoms with Crippen LogP contribution in [0.3, 0.4) is 0 Å². The van der Waals surface area contributed by atoms with Crippen LogP contribution in [0.5, 0.6) is 5.75 Å². The van der Waals surface area contributed by atoms with E-state index in [1.165, 1.54) is 31.4 Å². The molecule has 0 radical (unpaired) electrons. The van der Waals surface area contributed by atoms with Gasteiger partial charge in [0.2, 0.25) is 0 Å². The zero-order chi connectivity index (χ0) is 14.8. The molecule has 6 nitrogen and oxygen atoms in total. The Bertz CT molecular complexity index is 712. The van der Waals surface area contributed by atoms with Crippen molar-refractivity contribution in [1.82, 2.24) is 0 Å². The Hall–Kier alpha value is -2.41. The maximum absolute atomic E-state index is 12.2. The summed E-state index contributed by atoms with van der Waals surface area (Å²) in [5, 5.41) is 0. The van der Waals surface area contributed by atoms with Gasteiger partial charge in [-0.2, -0.15) is 0 Å². The van der Waals surface area contributed by atoms with Crippen molar-refractivity contribution >= 4 is 27.1 Å². The van der Waals surface area contributed by atoms with Gasteiger partial charge in [-0.3, -0.25) is 4.72 Å². The van der Waals surface area contributed by atoms with Crippen LogP contribution in [0.15, 0.2) is 47.4 Å². The molecule has 0 fully saturated rings. The molecule has 0 saturated carbocycles. The number of rotatable bonds is 4. The van der Waals surface area contributed by atoms with Crippen LogP contribution in [0.1, 0.15) is 0 Å². The normalized spacial score (nSPS) is 11.1. The number of sulfonamides is 1. The Morgan fingerprint density at radius 1 is 1.05 bits per heavy atom. The van der Waals surface area contributed by atoms with Crippen LogP contribution in [0.25, 0.3) is 0 Å². The highest BCUT2D eigenvalue weighted by Crippen LogP contribution is 2.30. The number of nitrogens with two attached hydrogens (primary N) is 2. The van der Waals surface area contributed by atoms with Gasteiger partial charge < -0.3 is 16.2 Å². The molecule has 2 rings (SSSR count). The van der Waals surface area contributed by atoms with Crippen LogP contribution >= 0.6 is 0 Å². The zero-order valence-corrected chi connectivity index (χ0v) is 11.6. The summed E-state index contributed by atoms with van der Waals surface area (Å²) in [4.78, 5) is 0.105. The van der Waals surface area contributed by atoms with Gasteiger partial charge >= 0.3 is 0 Å². The van der Waals surface area contributed by atoms with Gasteiger partial charge in [0, 0.05) is 5.69 Å². The van der Waals surface area contributed by atoms with Crippen molar-refractivity contribution in [1.29, 1.82) is 0 Å². The second-order valence-electron chi connectivity index (χ2n) is 4.10. The number of ether oxygens (including phenoxy) is 1. The van der Waals surface area contributed by atoms with E-state index in [4.69, 9.17) is 16.2 Å². The van der Waals surface area contributed by atoms with Gasteiger partial charge in [0.15, 0.2) is 0 Å². The van der Waals surface area contributed by atoms with Gasteiger partial charge in [0.05, 0.1) is 23.4 Å². The van der Waals surface area contributed by atoms with Crippen LogP contribution in [0.4, 0.5) is 17.1 Å². The summed E-state index contributed by atoms with van der Waals surface area (Å²) in [5.74, 6) is 0.405. The number of methoxy groups -OCH3 is 1. The van der Waals surface area contributed by atoms with E-state index in [1.807, 2.05) is 0 Å². The molecule has 0 amide bonds. The second-order valence-corrected chi connectivity index (χ2v) is 5.78. The average molecular weight is 293 g/mol. The highest BCUT2D eigenvalue weighted by atomic mass is 32.2. The lowest BCUT2D eigenvalue weighted by atomic mass is 10.2. The quantitative estimate of drug-likeness (QED) is 0.743. The van der Waals surface area contributed by atoms with Crippen molar-refractivity contribution in [3.05, 3.63) is 42.5 Å². The Labute approximate surface area is 117 Å². The fraction of sp³-hybridized carbons (Fsp3) is 0.0769. The van der Waals surface area contributed by atoms with E-state index >= 15 is 0 Å². The van der Waals surface area contributed by atoms with E-state index < -0.39 is 10.0 Å². The van der Waals surface area contributed by atoms with Crippen LogP contribution in [-0.4, -0.2) is 15.5 Å². The molecule has 0 unspecified atom stereocenters. The lowest BCUT2D eigenvalue weighted by Crippen LogP contribution is -2.14. The van der Waals surface area contributed by atoms with Gasteiger partial charge in [-0.05, 0) is 36.4 Å². The lowest BCUT2D eigenvalue weighted by Gasteiger charge is -2.12. The van der Waals surface area contributed by atoms with Gasteiger partial charge in [0.1, 0.15) is 5.75 Å². The molecule has 0 aliphatic heterocycles. The molecular formula is C13H15N3O3S. The first kappa shape index (κ1) is 14.0. The summed E-state index contributed by atoms with van der Waals surface area (Å²) in [6.45, 7) is 0. The lowest BCUT2D eigenvalue weighted by molar-refractivity contribution is 0.417. The first-order chi connectivity index (χ1) is 9.44. The van der Waals surface area contributed by atoms with Gasteiger partial charge in [-0.1, -0.05) is 6.07 Å². The first-order valence-corrected chi connectivity index (χ1v) is 7.23. The standard InChI is InChI=1S/C13H15N3O3S/c1-19-12-4-2-3-11(13(12)15)16-20(17,18)10-7-5-9(14)6-8-10/h2-8,16H,14-15H2,1H3. The van der Waals surface area contributed by atoms with E-state index in [0.29, 0.717) is 11.4 Å². The highest BCUT2D eigenvalue weighted by molar-refractivity contribution is 7.92. The minimum absolute atomic E-state index is 0.105. The molecule has 2 aromatic rings. The number of benzene rings is 2. The molecule has 2 aromatic carbocycles. The van der Waals surface area contributed by atoms with E-state index in [9.17, 15) is 8.42 Å². The molecule has 106 valence electrons. The summed E-state index contributed by atoms with van der Waals surface area (Å²) in [7, 11) is -2.26. The molecule has 5 N–H and O–H groups in total. The molecule has 20 heavy (non-hydrogen) atoms. The van der Waals surface area contributed by atoms with Crippen molar-refractivity contribution in [2.45, 2.75) is 4.90 Å². The summed E-state index contributed by atoms with van der Waals surface area (Å²) in [5.41, 5.74) is 12.4. The van der Waals surface area contributed by atoms with E-state index in [1.54, 1.807) is 18.2 Å². The minimum atomic E-state index is -3.72. The van der Waals surface area contributed by atoms with E-state index in [0.717, 1.165) is 0 Å². The van der Waals surface area contributed by atoms with Gasteiger partial charge in [0.25, 0.3) is 10.0 Å². The van der Waals surface area contributed by atoms with Crippen molar-refractivity contribution < 1.29 is 13.2 Å². The fourth-order valence-electron chi connectivity index (χ4n) is 1.66. The molecule has 0 saturated heterocycles. The zero-order valence-electron chi connectivity index (χ0n) is 10.8. The Morgan fingerprint density at radius 3 is 2.30 bits per heavy atom. The molecule has 0 aromatic heterocycles. The van der Waals surface area contributed by atoms with Crippen LogP contribution in [-0.2, 0) is 10.0 Å². The average Bonchev–Trinajstić information content (AvgIpc) is 2.41. The Balaban J connectivity index is 2.36. The van der Waals surface area contributed by atoms with E-state index in [-0.39, 0.29) is 16.3 Å². The highest BCUT2D eigenvalue weighted by Gasteiger charge is 2.16. The topological polar surface area (TPSA) is 107 Å². The van der Waals surface area contributed by atoms with Crippen molar-refractivity contribution in [2.24, 2.45) is 0 Å². The number of hydrogen-bond acceptors (Lipinski definition) is 5. The van der Waals surface area contributed by atoms with Crippen molar-refractivity contribution in [3.63, 3.8) is 0 Å². The smallest absolute Gasteiger partial charge is 0.261 e. The predicted octanol–water partition coefficient (Wildman–Crippen LogP) is 1.66. The summed E-state index contributed by atoms with van der Waals surface area (Å²) >= 11 is 0. The number of para-hydroxylation sites is 1. The summed E-state index contributed by atoms with van der Waals surface area (Å²) < 4.78 is 31.9. The number of anilines is 3. The molecule has 0 heterocycles. The summed E-state index contributed by atoms with van der Waals surface area (Å²) in [6, 6.07) is 10.7. The van der Waals surface area contributed by atoms with Crippen molar-refractivity contribution in [3.8, 4) is 5.75 Å². The molecule has 0 aliphatic carbocycles. The third kappa shape index (κ3) is 2.77. The largest absolute Gasteiger partial charge is 0.495 e. The second kappa shape index (κ2) is 5.30. The predicted molar refractivity (Wildman–Crippen MR) is 79.1 cm³/mol. The molecule has 7 heteroatoms. The molecular weight excluding hydrogens is 278 g/mol. The third-order valence-corrected chi connectivity index (χ3v) is 4.10. The van der Waals surface area contributed by atoms with Crippen LogP contribution in [0.2, 0.25) is 0 Å².